The van der Waals surface area contributed by atoms with Crippen molar-refractivity contribution in [1.82, 2.24) is 9.78 Å². The highest BCUT2D eigenvalue weighted by Crippen LogP contribution is 2.18. The first kappa shape index (κ1) is 11.7. The van der Waals surface area contributed by atoms with Crippen LogP contribution in [0.1, 0.15) is 5.56 Å². The van der Waals surface area contributed by atoms with E-state index in [1.807, 2.05) is 30.1 Å². The molecule has 1 aromatic heterocycles. The van der Waals surface area contributed by atoms with E-state index in [1.165, 1.54) is 12.1 Å². The Morgan fingerprint density at radius 2 is 1.95 bits per heavy atom. The molecular weight excluding hydrogens is 241 g/mol. The molecule has 4 heteroatoms. The molecule has 0 atom stereocenters. The normalized spacial score (nSPS) is 10.8. The van der Waals surface area contributed by atoms with Gasteiger partial charge in [-0.2, -0.15) is 5.10 Å². The predicted molar refractivity (Wildman–Crippen MR) is 74.4 cm³/mol. The fourth-order valence-corrected chi connectivity index (χ4v) is 2.06. The standard InChI is InChI=1S/C15H14FN3/c1-19-15-8-14(7-4-12(15)10-18-19)17-9-11-2-5-13(16)6-3-11/h2-8,10,17H,9H2,1H3. The zero-order valence-corrected chi connectivity index (χ0v) is 10.6. The highest BCUT2D eigenvalue weighted by molar-refractivity contribution is 5.82. The van der Waals surface area contributed by atoms with Crippen molar-refractivity contribution in [1.29, 1.82) is 0 Å². The summed E-state index contributed by atoms with van der Waals surface area (Å²) in [7, 11) is 1.92. The van der Waals surface area contributed by atoms with Gasteiger partial charge in [-0.3, -0.25) is 4.68 Å². The summed E-state index contributed by atoms with van der Waals surface area (Å²) < 4.78 is 14.6. The maximum Gasteiger partial charge on any atom is 0.123 e. The van der Waals surface area contributed by atoms with E-state index >= 15 is 0 Å². The van der Waals surface area contributed by atoms with Gasteiger partial charge in [0.15, 0.2) is 0 Å². The van der Waals surface area contributed by atoms with Crippen LogP contribution in [-0.2, 0) is 13.6 Å². The number of aromatic nitrogens is 2. The van der Waals surface area contributed by atoms with Crippen LogP contribution in [0.5, 0.6) is 0 Å². The Kier molecular flexibility index (Phi) is 2.91. The van der Waals surface area contributed by atoms with Crippen LogP contribution in [0.25, 0.3) is 10.9 Å². The van der Waals surface area contributed by atoms with E-state index in [0.29, 0.717) is 6.54 Å². The minimum absolute atomic E-state index is 0.208. The van der Waals surface area contributed by atoms with Gasteiger partial charge in [-0.1, -0.05) is 12.1 Å². The average Bonchev–Trinajstić information content (AvgIpc) is 2.80. The maximum absolute atomic E-state index is 12.8. The second-order valence-electron chi connectivity index (χ2n) is 4.52. The molecule has 3 nitrogen and oxygen atoms in total. The Morgan fingerprint density at radius 1 is 1.16 bits per heavy atom. The molecule has 0 spiro atoms. The number of benzene rings is 2. The maximum atomic E-state index is 12.8. The summed E-state index contributed by atoms with van der Waals surface area (Å²) in [6.07, 6.45) is 1.85. The Bertz CT molecular complexity index is 701. The van der Waals surface area contributed by atoms with Crippen molar-refractivity contribution in [2.45, 2.75) is 6.54 Å². The van der Waals surface area contributed by atoms with Crippen LogP contribution in [0.3, 0.4) is 0 Å². The van der Waals surface area contributed by atoms with E-state index in [2.05, 4.69) is 16.5 Å². The number of nitrogens with one attached hydrogen (secondary N) is 1. The molecule has 19 heavy (non-hydrogen) atoms. The number of hydrogen-bond donors (Lipinski definition) is 1. The Balaban J connectivity index is 1.77. The lowest BCUT2D eigenvalue weighted by atomic mass is 10.2. The molecule has 2 aromatic carbocycles. The van der Waals surface area contributed by atoms with Crippen LogP contribution in [0, 0.1) is 5.82 Å². The third-order valence-corrected chi connectivity index (χ3v) is 3.16. The van der Waals surface area contributed by atoms with Gasteiger partial charge >= 0.3 is 0 Å². The highest BCUT2D eigenvalue weighted by Gasteiger charge is 2.01. The summed E-state index contributed by atoms with van der Waals surface area (Å²) in [4.78, 5) is 0. The van der Waals surface area contributed by atoms with Crippen molar-refractivity contribution in [3.63, 3.8) is 0 Å². The molecule has 3 rings (SSSR count). The minimum atomic E-state index is -0.208. The molecular formula is C15H14FN3. The zero-order chi connectivity index (χ0) is 13.2. The van der Waals surface area contributed by atoms with E-state index in [0.717, 1.165) is 22.2 Å². The van der Waals surface area contributed by atoms with Crippen molar-refractivity contribution in [3.8, 4) is 0 Å². The van der Waals surface area contributed by atoms with Gasteiger partial charge in [-0.25, -0.2) is 4.39 Å². The van der Waals surface area contributed by atoms with E-state index < -0.39 is 0 Å². The summed E-state index contributed by atoms with van der Waals surface area (Å²) >= 11 is 0. The van der Waals surface area contributed by atoms with Gasteiger partial charge in [-0.15, -0.1) is 0 Å². The molecule has 0 bridgehead atoms. The lowest BCUT2D eigenvalue weighted by molar-refractivity contribution is 0.627. The van der Waals surface area contributed by atoms with E-state index in [9.17, 15) is 4.39 Å². The Labute approximate surface area is 110 Å². The molecule has 0 aliphatic carbocycles. The van der Waals surface area contributed by atoms with Crippen LogP contribution >= 0.6 is 0 Å². The number of aryl methyl sites for hydroxylation is 1. The molecule has 0 aliphatic heterocycles. The SMILES string of the molecule is Cn1ncc2ccc(NCc3ccc(F)cc3)cc21. The summed E-state index contributed by atoms with van der Waals surface area (Å²) in [5.74, 6) is -0.208. The second kappa shape index (κ2) is 4.72. The van der Waals surface area contributed by atoms with Crippen LogP contribution in [-0.4, -0.2) is 9.78 Å². The van der Waals surface area contributed by atoms with Gasteiger partial charge in [0.25, 0.3) is 0 Å². The Morgan fingerprint density at radius 3 is 2.74 bits per heavy atom. The number of halogens is 1. The zero-order valence-electron chi connectivity index (χ0n) is 10.6. The largest absolute Gasteiger partial charge is 0.381 e. The number of nitrogens with zero attached hydrogens (tertiary/aromatic N) is 2. The predicted octanol–water partition coefficient (Wildman–Crippen LogP) is 3.32. The third-order valence-electron chi connectivity index (χ3n) is 3.16. The van der Waals surface area contributed by atoms with Gasteiger partial charge in [0.05, 0.1) is 11.7 Å². The first-order valence-corrected chi connectivity index (χ1v) is 6.12. The molecule has 3 aromatic rings. The molecule has 0 saturated heterocycles. The fraction of sp³-hybridized carbons (Fsp3) is 0.133. The second-order valence-corrected chi connectivity index (χ2v) is 4.52. The van der Waals surface area contributed by atoms with Crippen LogP contribution in [0.4, 0.5) is 10.1 Å². The van der Waals surface area contributed by atoms with Gasteiger partial charge in [0.2, 0.25) is 0 Å². The first-order valence-electron chi connectivity index (χ1n) is 6.12. The molecule has 1 heterocycles. The van der Waals surface area contributed by atoms with Crippen LogP contribution in [0.2, 0.25) is 0 Å². The number of hydrogen-bond acceptors (Lipinski definition) is 2. The topological polar surface area (TPSA) is 29.9 Å². The quantitative estimate of drug-likeness (QED) is 0.778. The lowest BCUT2D eigenvalue weighted by Crippen LogP contribution is -1.99. The number of rotatable bonds is 3. The third kappa shape index (κ3) is 2.42. The van der Waals surface area contributed by atoms with Gasteiger partial charge in [0, 0.05) is 24.7 Å². The fourth-order valence-electron chi connectivity index (χ4n) is 2.06. The van der Waals surface area contributed by atoms with E-state index in [1.54, 1.807) is 12.1 Å². The average molecular weight is 255 g/mol. The van der Waals surface area contributed by atoms with Crippen LogP contribution in [0.15, 0.2) is 48.7 Å². The molecule has 1 N–H and O–H groups in total. The van der Waals surface area contributed by atoms with Crippen molar-refractivity contribution in [3.05, 3.63) is 60.0 Å². The number of fused-ring (bicyclic) bond motifs is 1. The molecule has 0 aliphatic rings. The van der Waals surface area contributed by atoms with Crippen LogP contribution < -0.4 is 5.32 Å². The van der Waals surface area contributed by atoms with Crippen molar-refractivity contribution in [2.24, 2.45) is 7.05 Å². The van der Waals surface area contributed by atoms with E-state index in [-0.39, 0.29) is 5.82 Å². The number of anilines is 1. The van der Waals surface area contributed by atoms with Gasteiger partial charge < -0.3 is 5.32 Å². The van der Waals surface area contributed by atoms with Crippen molar-refractivity contribution in [2.75, 3.05) is 5.32 Å². The summed E-state index contributed by atoms with van der Waals surface area (Å²) in [5.41, 5.74) is 3.16. The summed E-state index contributed by atoms with van der Waals surface area (Å²) in [6.45, 7) is 0.670. The molecule has 0 unspecified atom stereocenters. The Hall–Kier alpha value is -2.36. The van der Waals surface area contributed by atoms with Crippen molar-refractivity contribution < 1.29 is 4.39 Å². The summed E-state index contributed by atoms with van der Waals surface area (Å²) in [6, 6.07) is 12.6. The van der Waals surface area contributed by atoms with E-state index in [4.69, 9.17) is 0 Å². The molecule has 0 fully saturated rings. The molecule has 0 saturated carbocycles. The monoisotopic (exact) mass is 255 g/mol. The van der Waals surface area contributed by atoms with Crippen molar-refractivity contribution >= 4 is 16.6 Å². The molecule has 96 valence electrons. The highest BCUT2D eigenvalue weighted by atomic mass is 19.1. The minimum Gasteiger partial charge on any atom is -0.381 e. The summed E-state index contributed by atoms with van der Waals surface area (Å²) in [5, 5.41) is 8.66. The molecule has 0 radical (unpaired) electrons. The first-order chi connectivity index (χ1) is 9.22. The smallest absolute Gasteiger partial charge is 0.123 e. The lowest BCUT2D eigenvalue weighted by Gasteiger charge is -2.07. The molecule has 0 amide bonds. The van der Waals surface area contributed by atoms with Gasteiger partial charge in [0.1, 0.15) is 5.82 Å². The van der Waals surface area contributed by atoms with Gasteiger partial charge in [-0.05, 0) is 35.9 Å².